The molecule has 0 aliphatic heterocycles. The van der Waals surface area contributed by atoms with Crippen LogP contribution < -0.4 is 15.8 Å². The zero-order valence-electron chi connectivity index (χ0n) is 12.0. The van der Waals surface area contributed by atoms with Gasteiger partial charge in [-0.3, -0.25) is 19.8 Å². The topological polar surface area (TPSA) is 117 Å². The fourth-order valence-electron chi connectivity index (χ4n) is 2.21. The van der Waals surface area contributed by atoms with E-state index in [4.69, 9.17) is 9.94 Å². The minimum absolute atomic E-state index is 0.183. The maximum absolute atomic E-state index is 12.2. The monoisotopic (exact) mass is 312 g/mol. The third kappa shape index (κ3) is 2.62. The molecule has 3 rings (SSSR count). The van der Waals surface area contributed by atoms with Crippen LogP contribution in [0.1, 0.15) is 10.4 Å². The summed E-state index contributed by atoms with van der Waals surface area (Å²) in [5.74, 6) is 0.0928. The van der Waals surface area contributed by atoms with Crippen molar-refractivity contribution in [3.63, 3.8) is 0 Å². The highest BCUT2D eigenvalue weighted by atomic mass is 16.5. The first-order valence-electron chi connectivity index (χ1n) is 6.61. The summed E-state index contributed by atoms with van der Waals surface area (Å²) in [5.41, 5.74) is 2.21. The molecule has 3 N–H and O–H groups in total. The number of fused-ring (bicyclic) bond motifs is 1. The zero-order valence-corrected chi connectivity index (χ0v) is 12.0. The fraction of sp³-hybridized carbons (Fsp3) is 0.0667. The van der Waals surface area contributed by atoms with Gasteiger partial charge < -0.3 is 9.72 Å². The third-order valence-corrected chi connectivity index (χ3v) is 3.33. The van der Waals surface area contributed by atoms with Gasteiger partial charge in [-0.1, -0.05) is 0 Å². The Balaban J connectivity index is 2.23. The number of methoxy groups -OCH3 is 1. The second kappa shape index (κ2) is 5.85. The summed E-state index contributed by atoms with van der Waals surface area (Å²) in [7, 11) is 1.50. The van der Waals surface area contributed by atoms with E-state index in [9.17, 15) is 9.59 Å². The number of H-pyrrole nitrogens is 1. The Labute approximate surface area is 129 Å². The molecule has 0 saturated heterocycles. The number of hydroxylamine groups is 1. The smallest absolute Gasteiger partial charge is 0.274 e. The Morgan fingerprint density at radius 1 is 1.35 bits per heavy atom. The Bertz CT molecular complexity index is 952. The maximum atomic E-state index is 12.2. The summed E-state index contributed by atoms with van der Waals surface area (Å²) >= 11 is 0. The molecule has 0 atom stereocenters. The van der Waals surface area contributed by atoms with Crippen molar-refractivity contribution in [1.29, 1.82) is 0 Å². The number of aromatic amines is 1. The molecule has 3 aromatic rings. The number of hydrogen-bond acceptors (Lipinski definition) is 6. The second-order valence-electron chi connectivity index (χ2n) is 4.66. The van der Waals surface area contributed by atoms with E-state index in [-0.39, 0.29) is 16.9 Å². The van der Waals surface area contributed by atoms with Crippen LogP contribution in [-0.2, 0) is 0 Å². The fourth-order valence-corrected chi connectivity index (χ4v) is 2.21. The number of pyridine rings is 1. The van der Waals surface area contributed by atoms with Crippen LogP contribution in [0.5, 0.6) is 5.75 Å². The normalized spacial score (nSPS) is 10.5. The molecular formula is C15H12N4O4. The molecule has 0 radical (unpaired) electrons. The molecule has 1 amide bonds. The van der Waals surface area contributed by atoms with Gasteiger partial charge in [0.15, 0.2) is 0 Å². The van der Waals surface area contributed by atoms with Gasteiger partial charge in [-0.05, 0) is 24.3 Å². The first-order chi connectivity index (χ1) is 11.1. The number of amides is 1. The molecule has 0 saturated carbocycles. The number of rotatable bonds is 3. The Morgan fingerprint density at radius 3 is 2.91 bits per heavy atom. The standard InChI is InChI=1S/C15H12N4O4/c1-23-12-4-5-16-7-10(12)13-17-11-6-8(14(20)19-22)2-3-9(11)15(21)18-13/h2-7,22H,1H3,(H,19,20)(H,17,18,21). The van der Waals surface area contributed by atoms with Crippen LogP contribution >= 0.6 is 0 Å². The Morgan fingerprint density at radius 2 is 2.17 bits per heavy atom. The van der Waals surface area contributed by atoms with Gasteiger partial charge >= 0.3 is 0 Å². The van der Waals surface area contributed by atoms with Gasteiger partial charge in [0.1, 0.15) is 11.6 Å². The molecule has 116 valence electrons. The van der Waals surface area contributed by atoms with Crippen molar-refractivity contribution in [3.05, 3.63) is 52.6 Å². The summed E-state index contributed by atoms with van der Waals surface area (Å²) in [4.78, 5) is 34.7. The molecule has 0 aliphatic carbocycles. The van der Waals surface area contributed by atoms with E-state index in [1.54, 1.807) is 17.7 Å². The molecule has 2 heterocycles. The number of ether oxygens (including phenoxy) is 1. The van der Waals surface area contributed by atoms with Gasteiger partial charge in [0, 0.05) is 18.0 Å². The number of nitrogens with zero attached hydrogens (tertiary/aromatic N) is 2. The van der Waals surface area contributed by atoms with Gasteiger partial charge in [0.05, 0.1) is 23.6 Å². The SMILES string of the molecule is COc1ccncc1-c1nc2cc(C(=O)NO)ccc2c(=O)[nH]1. The van der Waals surface area contributed by atoms with E-state index in [1.165, 1.54) is 31.5 Å². The number of hydrogen-bond donors (Lipinski definition) is 3. The van der Waals surface area contributed by atoms with Crippen molar-refractivity contribution >= 4 is 16.8 Å². The predicted octanol–water partition coefficient (Wildman–Crippen LogP) is 1.11. The van der Waals surface area contributed by atoms with E-state index >= 15 is 0 Å². The highest BCUT2D eigenvalue weighted by Crippen LogP contribution is 2.26. The Kier molecular flexibility index (Phi) is 3.73. The number of benzene rings is 1. The third-order valence-electron chi connectivity index (χ3n) is 3.33. The van der Waals surface area contributed by atoms with Crippen LogP contribution in [-0.4, -0.2) is 33.2 Å². The van der Waals surface area contributed by atoms with Crippen LogP contribution in [0.25, 0.3) is 22.3 Å². The van der Waals surface area contributed by atoms with Crippen molar-refractivity contribution in [2.45, 2.75) is 0 Å². The lowest BCUT2D eigenvalue weighted by molar-refractivity contribution is 0.0706. The van der Waals surface area contributed by atoms with Crippen molar-refractivity contribution in [2.75, 3.05) is 7.11 Å². The van der Waals surface area contributed by atoms with Gasteiger partial charge in [-0.15, -0.1) is 0 Å². The highest BCUT2D eigenvalue weighted by molar-refractivity contribution is 5.97. The molecule has 8 nitrogen and oxygen atoms in total. The summed E-state index contributed by atoms with van der Waals surface area (Å²) in [5, 5.41) is 9.03. The molecule has 0 fully saturated rings. The summed E-state index contributed by atoms with van der Waals surface area (Å²) in [6.45, 7) is 0. The van der Waals surface area contributed by atoms with E-state index in [0.717, 1.165) is 0 Å². The summed E-state index contributed by atoms with van der Waals surface area (Å²) < 4.78 is 5.23. The lowest BCUT2D eigenvalue weighted by Crippen LogP contribution is -2.19. The molecule has 8 heteroatoms. The van der Waals surface area contributed by atoms with E-state index in [2.05, 4.69) is 15.0 Å². The summed E-state index contributed by atoms with van der Waals surface area (Å²) in [6.07, 6.45) is 3.08. The molecule has 0 spiro atoms. The molecule has 23 heavy (non-hydrogen) atoms. The average molecular weight is 312 g/mol. The van der Waals surface area contributed by atoms with Crippen LogP contribution in [0.4, 0.5) is 0 Å². The van der Waals surface area contributed by atoms with E-state index in [0.29, 0.717) is 22.2 Å². The second-order valence-corrected chi connectivity index (χ2v) is 4.66. The van der Waals surface area contributed by atoms with Crippen molar-refractivity contribution in [1.82, 2.24) is 20.4 Å². The average Bonchev–Trinajstić information content (AvgIpc) is 2.60. The van der Waals surface area contributed by atoms with Gasteiger partial charge in [-0.25, -0.2) is 10.5 Å². The highest BCUT2D eigenvalue weighted by Gasteiger charge is 2.12. The minimum Gasteiger partial charge on any atom is -0.496 e. The molecule has 0 unspecified atom stereocenters. The number of nitrogens with one attached hydrogen (secondary N) is 2. The van der Waals surface area contributed by atoms with Gasteiger partial charge in [0.25, 0.3) is 11.5 Å². The van der Waals surface area contributed by atoms with E-state index in [1.807, 2.05) is 0 Å². The zero-order chi connectivity index (χ0) is 16.4. The van der Waals surface area contributed by atoms with Gasteiger partial charge in [-0.2, -0.15) is 0 Å². The van der Waals surface area contributed by atoms with E-state index < -0.39 is 5.91 Å². The first kappa shape index (κ1) is 14.7. The number of aromatic nitrogens is 3. The molecule has 2 aromatic heterocycles. The van der Waals surface area contributed by atoms with Crippen LogP contribution in [0, 0.1) is 0 Å². The van der Waals surface area contributed by atoms with Gasteiger partial charge in [0.2, 0.25) is 0 Å². The lowest BCUT2D eigenvalue weighted by Gasteiger charge is -2.08. The van der Waals surface area contributed by atoms with Crippen molar-refractivity contribution in [3.8, 4) is 17.1 Å². The molecule has 0 bridgehead atoms. The largest absolute Gasteiger partial charge is 0.496 e. The van der Waals surface area contributed by atoms with Crippen LogP contribution in [0.2, 0.25) is 0 Å². The van der Waals surface area contributed by atoms with Crippen LogP contribution in [0.3, 0.4) is 0 Å². The van der Waals surface area contributed by atoms with Crippen LogP contribution in [0.15, 0.2) is 41.5 Å². The first-order valence-corrected chi connectivity index (χ1v) is 6.61. The lowest BCUT2D eigenvalue weighted by atomic mass is 10.1. The Hall–Kier alpha value is -3.26. The van der Waals surface area contributed by atoms with Crippen molar-refractivity contribution in [2.24, 2.45) is 0 Å². The molecule has 0 aliphatic rings. The summed E-state index contributed by atoms with van der Waals surface area (Å²) in [6, 6.07) is 5.96. The minimum atomic E-state index is -0.686. The maximum Gasteiger partial charge on any atom is 0.274 e. The molecule has 1 aromatic carbocycles. The quantitative estimate of drug-likeness (QED) is 0.492. The number of carbonyl (C=O) groups is 1. The molecular weight excluding hydrogens is 300 g/mol. The number of carbonyl (C=O) groups excluding carboxylic acids is 1. The predicted molar refractivity (Wildman–Crippen MR) is 81.4 cm³/mol. The van der Waals surface area contributed by atoms with Crippen molar-refractivity contribution < 1.29 is 14.7 Å².